The van der Waals surface area contributed by atoms with Crippen LogP contribution in [0.25, 0.3) is 0 Å². The fraction of sp³-hybridized carbons (Fsp3) is 0.263. The molecule has 2 heterocycles. The fourth-order valence-corrected chi connectivity index (χ4v) is 3.92. The molecule has 1 N–H and O–H groups in total. The zero-order valence-corrected chi connectivity index (χ0v) is 17.4. The highest BCUT2D eigenvalue weighted by Crippen LogP contribution is 2.31. The van der Waals surface area contributed by atoms with Crippen molar-refractivity contribution in [3.05, 3.63) is 58.1 Å². The van der Waals surface area contributed by atoms with Crippen molar-refractivity contribution in [2.24, 2.45) is 7.05 Å². The number of carbonyl (C=O) groups excluding carboxylic acids is 1. The molecular formula is C19H19N7O4S. The van der Waals surface area contributed by atoms with E-state index < -0.39 is 10.8 Å². The van der Waals surface area contributed by atoms with Gasteiger partial charge in [0.25, 0.3) is 11.6 Å². The van der Waals surface area contributed by atoms with Gasteiger partial charge >= 0.3 is 0 Å². The fourth-order valence-electron chi connectivity index (χ4n) is 3.08. The number of hydrogen-bond acceptors (Lipinski definition) is 9. The lowest BCUT2D eigenvalue weighted by molar-refractivity contribution is -0.384. The number of nitro benzene ring substituents is 1. The first kappa shape index (κ1) is 20.8. The summed E-state index contributed by atoms with van der Waals surface area (Å²) in [5, 5.41) is 25.7. The molecule has 3 aromatic rings. The summed E-state index contributed by atoms with van der Waals surface area (Å²) < 4.78 is 6.82. The van der Waals surface area contributed by atoms with E-state index >= 15 is 0 Å². The van der Waals surface area contributed by atoms with Gasteiger partial charge in [0.05, 0.1) is 23.7 Å². The number of ether oxygens (including phenoxy) is 1. The summed E-state index contributed by atoms with van der Waals surface area (Å²) in [6.07, 6.45) is 0. The largest absolute Gasteiger partial charge is 0.378 e. The predicted molar refractivity (Wildman–Crippen MR) is 113 cm³/mol. The standard InChI is InChI=1S/C19H19N7O4S/c1-24-19(21-22-23-24)31-17-7-6-15(26(28)29)12-16(17)18(27)20-13-2-4-14(5-3-13)25-8-10-30-11-9-25/h2-7,12H,8-11H2,1H3,(H,20,27). The Morgan fingerprint density at radius 3 is 2.58 bits per heavy atom. The monoisotopic (exact) mass is 441 g/mol. The number of anilines is 2. The lowest BCUT2D eigenvalue weighted by Gasteiger charge is -2.28. The highest BCUT2D eigenvalue weighted by atomic mass is 32.2. The normalized spacial score (nSPS) is 13.8. The minimum Gasteiger partial charge on any atom is -0.378 e. The van der Waals surface area contributed by atoms with Gasteiger partial charge in [0, 0.05) is 48.5 Å². The Labute approximate surface area is 181 Å². The molecule has 12 heteroatoms. The molecule has 11 nitrogen and oxygen atoms in total. The summed E-state index contributed by atoms with van der Waals surface area (Å²) in [6.45, 7) is 3.01. The van der Waals surface area contributed by atoms with Crippen LogP contribution in [0.2, 0.25) is 0 Å². The number of amides is 1. The molecule has 1 aliphatic rings. The average molecular weight is 441 g/mol. The van der Waals surface area contributed by atoms with E-state index in [1.165, 1.54) is 22.9 Å². The summed E-state index contributed by atoms with van der Waals surface area (Å²) in [4.78, 5) is 26.4. The molecule has 4 rings (SSSR count). The van der Waals surface area contributed by atoms with Crippen molar-refractivity contribution in [1.29, 1.82) is 0 Å². The number of aryl methyl sites for hydroxylation is 1. The number of aromatic nitrogens is 4. The summed E-state index contributed by atoms with van der Waals surface area (Å²) >= 11 is 1.15. The van der Waals surface area contributed by atoms with E-state index in [-0.39, 0.29) is 11.3 Å². The second kappa shape index (κ2) is 9.10. The van der Waals surface area contributed by atoms with Crippen molar-refractivity contribution in [2.75, 3.05) is 36.5 Å². The summed E-state index contributed by atoms with van der Waals surface area (Å²) in [5.41, 5.74) is 1.63. The van der Waals surface area contributed by atoms with Crippen LogP contribution >= 0.6 is 11.8 Å². The number of carbonyl (C=O) groups is 1. The van der Waals surface area contributed by atoms with Crippen molar-refractivity contribution < 1.29 is 14.5 Å². The highest BCUT2D eigenvalue weighted by Gasteiger charge is 2.20. The maximum Gasteiger partial charge on any atom is 0.270 e. The SMILES string of the molecule is Cn1nnnc1Sc1ccc([N+](=O)[O-])cc1C(=O)Nc1ccc(N2CCOCC2)cc1. The third-order valence-corrected chi connectivity index (χ3v) is 5.81. The number of benzene rings is 2. The van der Waals surface area contributed by atoms with Crippen LogP contribution < -0.4 is 10.2 Å². The number of nitro groups is 1. The van der Waals surface area contributed by atoms with Crippen LogP contribution in [0.5, 0.6) is 0 Å². The Morgan fingerprint density at radius 2 is 1.94 bits per heavy atom. The second-order valence-electron chi connectivity index (χ2n) is 6.73. The van der Waals surface area contributed by atoms with E-state index in [9.17, 15) is 14.9 Å². The molecule has 0 atom stereocenters. The van der Waals surface area contributed by atoms with Gasteiger partial charge < -0.3 is 15.0 Å². The van der Waals surface area contributed by atoms with Gasteiger partial charge in [-0.15, -0.1) is 5.10 Å². The van der Waals surface area contributed by atoms with Gasteiger partial charge in [0.15, 0.2) is 0 Å². The first-order chi connectivity index (χ1) is 15.0. The highest BCUT2D eigenvalue weighted by molar-refractivity contribution is 7.99. The van der Waals surface area contributed by atoms with E-state index in [4.69, 9.17) is 4.74 Å². The quantitative estimate of drug-likeness (QED) is 0.453. The van der Waals surface area contributed by atoms with E-state index in [2.05, 4.69) is 25.7 Å². The van der Waals surface area contributed by atoms with Crippen molar-refractivity contribution in [2.45, 2.75) is 10.1 Å². The molecule has 1 saturated heterocycles. The van der Waals surface area contributed by atoms with E-state index in [0.29, 0.717) is 29.0 Å². The van der Waals surface area contributed by atoms with Crippen LogP contribution in [0.3, 0.4) is 0 Å². The molecule has 31 heavy (non-hydrogen) atoms. The predicted octanol–water partition coefficient (Wildman–Crippen LogP) is 2.36. The van der Waals surface area contributed by atoms with Crippen molar-refractivity contribution in [1.82, 2.24) is 20.2 Å². The average Bonchev–Trinajstić information content (AvgIpc) is 3.19. The Balaban J connectivity index is 1.55. The van der Waals surface area contributed by atoms with Crippen molar-refractivity contribution in [3.8, 4) is 0 Å². The summed E-state index contributed by atoms with van der Waals surface area (Å²) in [6, 6.07) is 11.6. The minimum absolute atomic E-state index is 0.166. The molecule has 0 bridgehead atoms. The first-order valence-corrected chi connectivity index (χ1v) is 10.3. The molecule has 1 fully saturated rings. The van der Waals surface area contributed by atoms with Gasteiger partial charge in [0.2, 0.25) is 5.16 Å². The molecule has 160 valence electrons. The number of tetrazole rings is 1. The lowest BCUT2D eigenvalue weighted by atomic mass is 10.1. The van der Waals surface area contributed by atoms with Gasteiger partial charge in [-0.2, -0.15) is 0 Å². The second-order valence-corrected chi connectivity index (χ2v) is 7.73. The maximum absolute atomic E-state index is 13.0. The van der Waals surface area contributed by atoms with E-state index in [0.717, 1.165) is 30.5 Å². The number of nitrogens with zero attached hydrogens (tertiary/aromatic N) is 6. The van der Waals surface area contributed by atoms with Crippen LogP contribution in [-0.4, -0.2) is 57.3 Å². The van der Waals surface area contributed by atoms with Gasteiger partial charge in [-0.1, -0.05) is 0 Å². The van der Waals surface area contributed by atoms with Crippen LogP contribution in [0.1, 0.15) is 10.4 Å². The Morgan fingerprint density at radius 1 is 1.19 bits per heavy atom. The Hall–Kier alpha value is -3.51. The molecule has 1 aromatic heterocycles. The first-order valence-electron chi connectivity index (χ1n) is 9.44. The third kappa shape index (κ3) is 4.81. The smallest absolute Gasteiger partial charge is 0.270 e. The van der Waals surface area contributed by atoms with Crippen molar-refractivity contribution in [3.63, 3.8) is 0 Å². The molecule has 1 aliphatic heterocycles. The number of nitrogens with one attached hydrogen (secondary N) is 1. The lowest BCUT2D eigenvalue weighted by Crippen LogP contribution is -2.36. The van der Waals surface area contributed by atoms with Crippen LogP contribution in [0, 0.1) is 10.1 Å². The molecule has 0 unspecified atom stereocenters. The zero-order chi connectivity index (χ0) is 21.8. The van der Waals surface area contributed by atoms with Crippen LogP contribution in [0.15, 0.2) is 52.5 Å². The van der Waals surface area contributed by atoms with Crippen LogP contribution in [0.4, 0.5) is 17.1 Å². The van der Waals surface area contributed by atoms with Gasteiger partial charge in [0.1, 0.15) is 0 Å². The summed E-state index contributed by atoms with van der Waals surface area (Å²) in [5.74, 6) is -0.458. The number of rotatable bonds is 6. The van der Waals surface area contributed by atoms with Crippen molar-refractivity contribution >= 4 is 34.7 Å². The van der Waals surface area contributed by atoms with E-state index in [1.807, 2.05) is 12.1 Å². The van der Waals surface area contributed by atoms with E-state index in [1.54, 1.807) is 19.2 Å². The minimum atomic E-state index is -0.535. The summed E-state index contributed by atoms with van der Waals surface area (Å²) in [7, 11) is 1.67. The van der Waals surface area contributed by atoms with Gasteiger partial charge in [-0.05, 0) is 52.5 Å². The molecule has 0 radical (unpaired) electrons. The maximum atomic E-state index is 13.0. The molecular weight excluding hydrogens is 422 g/mol. The van der Waals surface area contributed by atoms with Crippen LogP contribution in [-0.2, 0) is 11.8 Å². The number of hydrogen-bond donors (Lipinski definition) is 1. The molecule has 0 saturated carbocycles. The molecule has 1 amide bonds. The number of non-ortho nitro benzene ring substituents is 1. The third-order valence-electron chi connectivity index (χ3n) is 4.70. The van der Waals surface area contributed by atoms with Gasteiger partial charge in [-0.3, -0.25) is 14.9 Å². The molecule has 0 spiro atoms. The zero-order valence-electron chi connectivity index (χ0n) is 16.6. The molecule has 0 aliphatic carbocycles. The van der Waals surface area contributed by atoms with Gasteiger partial charge in [-0.25, -0.2) is 4.68 Å². The Kier molecular flexibility index (Phi) is 6.09. The topological polar surface area (TPSA) is 128 Å². The Bertz CT molecular complexity index is 1100. The molecule has 2 aromatic carbocycles. The number of morpholine rings is 1.